The van der Waals surface area contributed by atoms with Crippen LogP contribution in [0.2, 0.25) is 0 Å². The second kappa shape index (κ2) is 4.83. The minimum absolute atomic E-state index is 0.0544. The molecule has 1 aromatic heterocycles. The molecule has 0 saturated heterocycles. The number of esters is 1. The molecule has 5 heteroatoms. The standard InChI is InChI=1S/C11H15NO4/c1-4-16-10(13)6-12-7(2)5-9(8(12)3)11(14)15/h5H,4,6H2,1-3H3,(H,14,15). The zero-order chi connectivity index (χ0) is 12.3. The van der Waals surface area contributed by atoms with Crippen LogP contribution in [0, 0.1) is 13.8 Å². The molecule has 0 aliphatic carbocycles. The van der Waals surface area contributed by atoms with Gasteiger partial charge in [0, 0.05) is 11.4 Å². The normalized spacial score (nSPS) is 10.2. The Morgan fingerprint density at radius 3 is 2.50 bits per heavy atom. The highest BCUT2D eigenvalue weighted by atomic mass is 16.5. The van der Waals surface area contributed by atoms with E-state index in [0.29, 0.717) is 12.3 Å². The van der Waals surface area contributed by atoms with Crippen LogP contribution < -0.4 is 0 Å². The summed E-state index contributed by atoms with van der Waals surface area (Å²) in [6, 6.07) is 1.55. The lowest BCUT2D eigenvalue weighted by atomic mass is 10.2. The van der Waals surface area contributed by atoms with Gasteiger partial charge in [-0.3, -0.25) is 4.79 Å². The first kappa shape index (κ1) is 12.3. The van der Waals surface area contributed by atoms with Crippen LogP contribution in [0.4, 0.5) is 0 Å². The van der Waals surface area contributed by atoms with Crippen LogP contribution in [0.1, 0.15) is 28.7 Å². The number of nitrogens with zero attached hydrogens (tertiary/aromatic N) is 1. The second-order valence-electron chi connectivity index (χ2n) is 3.48. The lowest BCUT2D eigenvalue weighted by molar-refractivity contribution is -0.143. The Bertz CT molecular complexity index is 420. The zero-order valence-corrected chi connectivity index (χ0v) is 9.61. The molecular weight excluding hydrogens is 210 g/mol. The summed E-state index contributed by atoms with van der Waals surface area (Å²) in [4.78, 5) is 22.2. The molecule has 0 atom stereocenters. The Hall–Kier alpha value is -1.78. The van der Waals surface area contributed by atoms with Crippen molar-refractivity contribution in [3.05, 3.63) is 23.0 Å². The molecule has 0 aliphatic heterocycles. The minimum Gasteiger partial charge on any atom is -0.478 e. The zero-order valence-electron chi connectivity index (χ0n) is 9.61. The molecule has 0 unspecified atom stereocenters. The monoisotopic (exact) mass is 225 g/mol. The maximum atomic E-state index is 11.3. The quantitative estimate of drug-likeness (QED) is 0.786. The number of carbonyl (C=O) groups is 2. The summed E-state index contributed by atoms with van der Waals surface area (Å²) in [7, 11) is 0. The number of hydrogen-bond acceptors (Lipinski definition) is 3. The number of carbonyl (C=O) groups excluding carboxylic acids is 1. The van der Waals surface area contributed by atoms with Crippen LogP contribution >= 0.6 is 0 Å². The number of carboxylic acid groups (broad SMARTS) is 1. The van der Waals surface area contributed by atoms with Crippen molar-refractivity contribution in [2.24, 2.45) is 0 Å². The van der Waals surface area contributed by atoms with Gasteiger partial charge in [0.25, 0.3) is 0 Å². The first-order valence-electron chi connectivity index (χ1n) is 5.03. The Morgan fingerprint density at radius 2 is 2.06 bits per heavy atom. The van der Waals surface area contributed by atoms with E-state index in [0.717, 1.165) is 5.69 Å². The van der Waals surface area contributed by atoms with Gasteiger partial charge < -0.3 is 14.4 Å². The minimum atomic E-state index is -0.983. The number of aromatic carboxylic acids is 1. The molecule has 0 amide bonds. The van der Waals surface area contributed by atoms with Gasteiger partial charge in [0.2, 0.25) is 0 Å². The van der Waals surface area contributed by atoms with Gasteiger partial charge in [-0.1, -0.05) is 0 Å². The van der Waals surface area contributed by atoms with E-state index in [-0.39, 0.29) is 18.1 Å². The molecule has 5 nitrogen and oxygen atoms in total. The average molecular weight is 225 g/mol. The number of hydrogen-bond donors (Lipinski definition) is 1. The van der Waals surface area contributed by atoms with E-state index in [4.69, 9.17) is 9.84 Å². The molecule has 0 fully saturated rings. The Morgan fingerprint density at radius 1 is 1.44 bits per heavy atom. The van der Waals surface area contributed by atoms with Crippen LogP contribution in [-0.4, -0.2) is 28.2 Å². The van der Waals surface area contributed by atoms with Gasteiger partial charge in [-0.15, -0.1) is 0 Å². The predicted molar refractivity (Wildman–Crippen MR) is 57.5 cm³/mol. The van der Waals surface area contributed by atoms with Gasteiger partial charge in [0.1, 0.15) is 6.54 Å². The maximum absolute atomic E-state index is 11.3. The van der Waals surface area contributed by atoms with Crippen LogP contribution in [0.15, 0.2) is 6.07 Å². The smallest absolute Gasteiger partial charge is 0.337 e. The molecule has 0 saturated carbocycles. The summed E-state index contributed by atoms with van der Waals surface area (Å²) in [5.41, 5.74) is 1.53. The van der Waals surface area contributed by atoms with Crippen molar-refractivity contribution in [1.29, 1.82) is 0 Å². The van der Waals surface area contributed by atoms with Crippen molar-refractivity contribution < 1.29 is 19.4 Å². The fourth-order valence-corrected chi connectivity index (χ4v) is 1.60. The van der Waals surface area contributed by atoms with Crippen molar-refractivity contribution in [2.75, 3.05) is 6.61 Å². The molecule has 1 aromatic rings. The molecule has 0 bridgehead atoms. The summed E-state index contributed by atoms with van der Waals surface area (Å²) in [6.07, 6.45) is 0. The number of rotatable bonds is 4. The van der Waals surface area contributed by atoms with E-state index in [1.54, 1.807) is 31.4 Å². The van der Waals surface area contributed by atoms with Gasteiger partial charge in [-0.2, -0.15) is 0 Å². The third kappa shape index (κ3) is 2.42. The van der Waals surface area contributed by atoms with E-state index >= 15 is 0 Å². The topological polar surface area (TPSA) is 68.5 Å². The maximum Gasteiger partial charge on any atom is 0.337 e. The highest BCUT2D eigenvalue weighted by molar-refractivity contribution is 5.89. The molecule has 1 heterocycles. The average Bonchev–Trinajstić information content (AvgIpc) is 2.46. The van der Waals surface area contributed by atoms with E-state index in [1.165, 1.54) is 0 Å². The summed E-state index contributed by atoms with van der Waals surface area (Å²) in [5.74, 6) is -1.34. The largest absolute Gasteiger partial charge is 0.478 e. The second-order valence-corrected chi connectivity index (χ2v) is 3.48. The van der Waals surface area contributed by atoms with E-state index in [9.17, 15) is 9.59 Å². The number of carboxylic acids is 1. The van der Waals surface area contributed by atoms with Gasteiger partial charge in [0.15, 0.2) is 0 Å². The molecule has 16 heavy (non-hydrogen) atoms. The van der Waals surface area contributed by atoms with Crippen LogP contribution in [0.25, 0.3) is 0 Å². The lowest BCUT2D eigenvalue weighted by Gasteiger charge is -2.08. The Labute approximate surface area is 93.6 Å². The lowest BCUT2D eigenvalue weighted by Crippen LogP contribution is -2.15. The van der Waals surface area contributed by atoms with Crippen LogP contribution in [0.3, 0.4) is 0 Å². The molecular formula is C11H15NO4. The third-order valence-corrected chi connectivity index (χ3v) is 2.40. The fraction of sp³-hybridized carbons (Fsp3) is 0.455. The molecule has 0 aliphatic rings. The van der Waals surface area contributed by atoms with Crippen molar-refractivity contribution in [2.45, 2.75) is 27.3 Å². The van der Waals surface area contributed by atoms with E-state index in [1.807, 2.05) is 0 Å². The summed E-state index contributed by atoms with van der Waals surface area (Å²) in [5, 5.41) is 8.91. The molecule has 0 radical (unpaired) electrons. The van der Waals surface area contributed by atoms with Crippen LogP contribution in [-0.2, 0) is 16.1 Å². The van der Waals surface area contributed by atoms with E-state index < -0.39 is 5.97 Å². The SMILES string of the molecule is CCOC(=O)Cn1c(C)cc(C(=O)O)c1C. The van der Waals surface area contributed by atoms with Crippen molar-refractivity contribution in [3.63, 3.8) is 0 Å². The van der Waals surface area contributed by atoms with Gasteiger partial charge in [-0.25, -0.2) is 4.79 Å². The first-order chi connectivity index (χ1) is 7.47. The fourth-order valence-electron chi connectivity index (χ4n) is 1.60. The molecule has 88 valence electrons. The number of aryl methyl sites for hydroxylation is 1. The Kier molecular flexibility index (Phi) is 3.71. The van der Waals surface area contributed by atoms with Crippen molar-refractivity contribution in [3.8, 4) is 0 Å². The molecule has 0 aromatic carbocycles. The molecule has 0 spiro atoms. The summed E-state index contributed by atoms with van der Waals surface area (Å²) < 4.78 is 6.46. The third-order valence-electron chi connectivity index (χ3n) is 2.40. The first-order valence-corrected chi connectivity index (χ1v) is 5.03. The predicted octanol–water partition coefficient (Wildman–Crippen LogP) is 1.37. The van der Waals surface area contributed by atoms with Crippen molar-refractivity contribution >= 4 is 11.9 Å². The Balaban J connectivity index is 2.96. The molecule has 1 N–H and O–H groups in total. The summed E-state index contributed by atoms with van der Waals surface area (Å²) >= 11 is 0. The number of ether oxygens (including phenoxy) is 1. The number of aromatic nitrogens is 1. The highest BCUT2D eigenvalue weighted by Crippen LogP contribution is 2.14. The van der Waals surface area contributed by atoms with Crippen LogP contribution in [0.5, 0.6) is 0 Å². The molecule has 1 rings (SSSR count). The van der Waals surface area contributed by atoms with Crippen molar-refractivity contribution in [1.82, 2.24) is 4.57 Å². The van der Waals surface area contributed by atoms with Gasteiger partial charge in [0.05, 0.1) is 12.2 Å². The van der Waals surface area contributed by atoms with Gasteiger partial charge in [-0.05, 0) is 26.8 Å². The summed E-state index contributed by atoms with van der Waals surface area (Å²) in [6.45, 7) is 5.55. The van der Waals surface area contributed by atoms with Gasteiger partial charge >= 0.3 is 11.9 Å². The highest BCUT2D eigenvalue weighted by Gasteiger charge is 2.16. The van der Waals surface area contributed by atoms with E-state index in [2.05, 4.69) is 0 Å².